The highest BCUT2D eigenvalue weighted by atomic mass is 79.9. The highest BCUT2D eigenvalue weighted by Gasteiger charge is 2.13. The summed E-state index contributed by atoms with van der Waals surface area (Å²) < 4.78 is 0.837. The molecule has 1 rings (SSSR count). The Morgan fingerprint density at radius 1 is 1.35 bits per heavy atom. The Balaban J connectivity index is 2.64. The van der Waals surface area contributed by atoms with Crippen molar-refractivity contribution in [2.24, 2.45) is 0 Å². The molecule has 1 unspecified atom stereocenters. The lowest BCUT2D eigenvalue weighted by molar-refractivity contribution is -0.122. The maximum atomic E-state index is 11.7. The highest BCUT2D eigenvalue weighted by Crippen LogP contribution is 2.25. The van der Waals surface area contributed by atoms with Gasteiger partial charge in [0, 0.05) is 16.2 Å². The summed E-state index contributed by atoms with van der Waals surface area (Å²) in [5.41, 5.74) is 0.824. The molecule has 3 nitrogen and oxygen atoms in total. The lowest BCUT2D eigenvalue weighted by Crippen LogP contribution is -2.40. The van der Waals surface area contributed by atoms with Gasteiger partial charge in [-0.3, -0.25) is 4.79 Å². The van der Waals surface area contributed by atoms with Crippen LogP contribution in [0.15, 0.2) is 22.7 Å². The van der Waals surface area contributed by atoms with Crippen molar-refractivity contribution >= 4 is 39.1 Å². The molecule has 0 bridgehead atoms. The summed E-state index contributed by atoms with van der Waals surface area (Å²) in [5, 5.41) is 6.56. The summed E-state index contributed by atoms with van der Waals surface area (Å²) in [7, 11) is 0. The fourth-order valence-electron chi connectivity index (χ4n) is 1.31. The molecule has 17 heavy (non-hydrogen) atoms. The van der Waals surface area contributed by atoms with E-state index in [2.05, 4.69) is 26.6 Å². The van der Waals surface area contributed by atoms with Crippen LogP contribution in [0.4, 0.5) is 5.69 Å². The zero-order chi connectivity index (χ0) is 13.0. The summed E-state index contributed by atoms with van der Waals surface area (Å²) in [6, 6.07) is 5.34. The molecule has 0 fully saturated rings. The highest BCUT2D eigenvalue weighted by molar-refractivity contribution is 9.10. The average Bonchev–Trinajstić information content (AvgIpc) is 2.22. The maximum Gasteiger partial charge on any atom is 0.242 e. The van der Waals surface area contributed by atoms with Crippen LogP contribution < -0.4 is 10.6 Å². The first-order valence-corrected chi connectivity index (χ1v) is 6.59. The first-order valence-electron chi connectivity index (χ1n) is 5.42. The van der Waals surface area contributed by atoms with Gasteiger partial charge in [0.15, 0.2) is 0 Å². The van der Waals surface area contributed by atoms with Crippen LogP contribution >= 0.6 is 27.5 Å². The van der Waals surface area contributed by atoms with Crippen LogP contribution in [-0.2, 0) is 4.79 Å². The number of halogens is 2. The van der Waals surface area contributed by atoms with Crippen LogP contribution in [0.5, 0.6) is 0 Å². The number of nitrogens with one attached hydrogen (secondary N) is 2. The molecule has 0 aromatic heterocycles. The van der Waals surface area contributed by atoms with E-state index in [1.54, 1.807) is 6.07 Å². The van der Waals surface area contributed by atoms with Gasteiger partial charge in [-0.1, -0.05) is 11.6 Å². The largest absolute Gasteiger partial charge is 0.374 e. The predicted molar refractivity (Wildman–Crippen MR) is 75.5 cm³/mol. The Morgan fingerprint density at radius 3 is 2.53 bits per heavy atom. The summed E-state index contributed by atoms with van der Waals surface area (Å²) in [5.74, 6) is -0.0287. The average molecular weight is 320 g/mol. The molecule has 2 N–H and O–H groups in total. The minimum atomic E-state index is -0.297. The minimum Gasteiger partial charge on any atom is -0.374 e. The second kappa shape index (κ2) is 6.26. The van der Waals surface area contributed by atoms with Gasteiger partial charge < -0.3 is 10.6 Å². The van der Waals surface area contributed by atoms with Crippen molar-refractivity contribution in [3.8, 4) is 0 Å². The van der Waals surface area contributed by atoms with Crippen LogP contribution in [-0.4, -0.2) is 18.0 Å². The standard InChI is InChI=1S/C12H16BrClN2O/c1-7(2)15-12(17)8(3)16-9-4-5-10(13)11(14)6-9/h4-8,16H,1-3H3,(H,15,17). The third-order valence-corrected chi connectivity index (χ3v) is 3.36. The Labute approximate surface area is 115 Å². The van der Waals surface area contributed by atoms with Crippen molar-refractivity contribution in [1.82, 2.24) is 5.32 Å². The number of rotatable bonds is 4. The SMILES string of the molecule is CC(C)NC(=O)C(C)Nc1ccc(Br)c(Cl)c1. The zero-order valence-corrected chi connectivity index (χ0v) is 12.4. The molecule has 0 radical (unpaired) electrons. The minimum absolute atomic E-state index is 0.0287. The summed E-state index contributed by atoms with van der Waals surface area (Å²) in [6.45, 7) is 5.68. The topological polar surface area (TPSA) is 41.1 Å². The third kappa shape index (κ3) is 4.56. The molecular formula is C12H16BrClN2O. The van der Waals surface area contributed by atoms with Crippen molar-refractivity contribution in [2.45, 2.75) is 32.9 Å². The van der Waals surface area contributed by atoms with Crippen molar-refractivity contribution in [1.29, 1.82) is 0 Å². The number of hydrogen-bond acceptors (Lipinski definition) is 2. The van der Waals surface area contributed by atoms with E-state index in [0.29, 0.717) is 5.02 Å². The molecule has 0 aliphatic carbocycles. The lowest BCUT2D eigenvalue weighted by atomic mass is 10.2. The van der Waals surface area contributed by atoms with E-state index in [-0.39, 0.29) is 18.0 Å². The van der Waals surface area contributed by atoms with Gasteiger partial charge in [0.25, 0.3) is 0 Å². The van der Waals surface area contributed by atoms with Gasteiger partial charge >= 0.3 is 0 Å². The number of amides is 1. The first kappa shape index (κ1) is 14.3. The third-order valence-electron chi connectivity index (χ3n) is 2.13. The van der Waals surface area contributed by atoms with Crippen LogP contribution in [0, 0.1) is 0 Å². The van der Waals surface area contributed by atoms with Gasteiger partial charge in [0.2, 0.25) is 5.91 Å². The number of carbonyl (C=O) groups is 1. The molecule has 1 atom stereocenters. The van der Waals surface area contributed by atoms with E-state index in [0.717, 1.165) is 10.2 Å². The van der Waals surface area contributed by atoms with Crippen LogP contribution in [0.25, 0.3) is 0 Å². The monoisotopic (exact) mass is 318 g/mol. The van der Waals surface area contributed by atoms with Crippen molar-refractivity contribution in [3.05, 3.63) is 27.7 Å². The molecule has 94 valence electrons. The van der Waals surface area contributed by atoms with Crippen LogP contribution in [0.1, 0.15) is 20.8 Å². The molecule has 0 saturated carbocycles. The number of anilines is 1. The summed E-state index contributed by atoms with van der Waals surface area (Å²) in [4.78, 5) is 11.7. The molecule has 0 heterocycles. The van der Waals surface area contributed by atoms with Crippen LogP contribution in [0.2, 0.25) is 5.02 Å². The Hall–Kier alpha value is -0.740. The van der Waals surface area contributed by atoms with E-state index in [1.165, 1.54) is 0 Å². The number of benzene rings is 1. The van der Waals surface area contributed by atoms with Gasteiger partial charge in [-0.15, -0.1) is 0 Å². The van der Waals surface area contributed by atoms with Crippen LogP contribution in [0.3, 0.4) is 0 Å². The molecule has 0 saturated heterocycles. The maximum absolute atomic E-state index is 11.7. The van der Waals surface area contributed by atoms with Gasteiger partial charge in [-0.25, -0.2) is 0 Å². The van der Waals surface area contributed by atoms with Gasteiger partial charge in [-0.2, -0.15) is 0 Å². The van der Waals surface area contributed by atoms with E-state index < -0.39 is 0 Å². The fourth-order valence-corrected chi connectivity index (χ4v) is 1.74. The van der Waals surface area contributed by atoms with Crippen molar-refractivity contribution in [3.63, 3.8) is 0 Å². The molecular weight excluding hydrogens is 304 g/mol. The predicted octanol–water partition coefficient (Wildman–Crippen LogP) is 3.43. The number of hydrogen-bond donors (Lipinski definition) is 2. The Kier molecular flexibility index (Phi) is 5.28. The van der Waals surface area contributed by atoms with E-state index in [4.69, 9.17) is 11.6 Å². The molecule has 1 aromatic rings. The molecule has 0 aliphatic heterocycles. The normalized spacial score (nSPS) is 12.4. The van der Waals surface area contributed by atoms with Crippen molar-refractivity contribution in [2.75, 3.05) is 5.32 Å². The zero-order valence-electron chi connectivity index (χ0n) is 10.1. The van der Waals surface area contributed by atoms with E-state index in [1.807, 2.05) is 32.9 Å². The fraction of sp³-hybridized carbons (Fsp3) is 0.417. The van der Waals surface area contributed by atoms with E-state index in [9.17, 15) is 4.79 Å². The van der Waals surface area contributed by atoms with Gasteiger partial charge in [0.05, 0.1) is 5.02 Å². The smallest absolute Gasteiger partial charge is 0.242 e. The Morgan fingerprint density at radius 2 is 2.00 bits per heavy atom. The van der Waals surface area contributed by atoms with Gasteiger partial charge in [0.1, 0.15) is 6.04 Å². The molecule has 1 aromatic carbocycles. The second-order valence-electron chi connectivity index (χ2n) is 4.16. The number of carbonyl (C=O) groups excluding carboxylic acids is 1. The molecule has 0 spiro atoms. The lowest BCUT2D eigenvalue weighted by Gasteiger charge is -2.17. The molecule has 0 aliphatic rings. The Bertz CT molecular complexity index is 409. The summed E-state index contributed by atoms with van der Waals surface area (Å²) in [6.07, 6.45) is 0. The van der Waals surface area contributed by atoms with Crippen molar-refractivity contribution < 1.29 is 4.79 Å². The summed E-state index contributed by atoms with van der Waals surface area (Å²) >= 11 is 9.29. The first-order chi connectivity index (χ1) is 7.90. The molecule has 1 amide bonds. The van der Waals surface area contributed by atoms with E-state index >= 15 is 0 Å². The van der Waals surface area contributed by atoms with Gasteiger partial charge in [-0.05, 0) is 54.9 Å². The molecule has 5 heteroatoms. The quantitative estimate of drug-likeness (QED) is 0.893. The second-order valence-corrected chi connectivity index (χ2v) is 5.42.